The lowest BCUT2D eigenvalue weighted by molar-refractivity contribution is -0.116. The zero-order valence-corrected chi connectivity index (χ0v) is 12.9. The molecule has 0 aliphatic heterocycles. The fourth-order valence-electron chi connectivity index (χ4n) is 2.11. The number of aromatic carboxylic acids is 1. The van der Waals surface area contributed by atoms with Crippen molar-refractivity contribution in [3.63, 3.8) is 0 Å². The predicted octanol–water partition coefficient (Wildman–Crippen LogP) is 3.92. The maximum atomic E-state index is 12.0. The summed E-state index contributed by atoms with van der Waals surface area (Å²) < 4.78 is 0. The van der Waals surface area contributed by atoms with E-state index in [1.807, 2.05) is 31.2 Å². The highest BCUT2D eigenvalue weighted by atomic mass is 35.5. The number of anilines is 1. The summed E-state index contributed by atoms with van der Waals surface area (Å²) in [5, 5.41) is 11.9. The first kappa shape index (κ1) is 16.0. The highest BCUT2D eigenvalue weighted by Crippen LogP contribution is 2.23. The number of rotatable bonds is 5. The molecule has 0 saturated heterocycles. The van der Waals surface area contributed by atoms with Gasteiger partial charge >= 0.3 is 5.97 Å². The lowest BCUT2D eigenvalue weighted by Crippen LogP contribution is -2.13. The van der Waals surface area contributed by atoms with Gasteiger partial charge in [0.25, 0.3) is 0 Å². The summed E-state index contributed by atoms with van der Waals surface area (Å²) in [6, 6.07) is 12.1. The van der Waals surface area contributed by atoms with Crippen LogP contribution < -0.4 is 5.32 Å². The molecule has 0 atom stereocenters. The van der Waals surface area contributed by atoms with E-state index in [2.05, 4.69) is 5.32 Å². The third-order valence-electron chi connectivity index (χ3n) is 3.37. The van der Waals surface area contributed by atoms with Crippen LogP contribution in [-0.4, -0.2) is 17.0 Å². The summed E-state index contributed by atoms with van der Waals surface area (Å²) in [6.45, 7) is 2.00. The van der Waals surface area contributed by atoms with Gasteiger partial charge in [0.2, 0.25) is 5.91 Å². The summed E-state index contributed by atoms with van der Waals surface area (Å²) in [5.74, 6) is -1.26. The van der Waals surface area contributed by atoms with E-state index in [1.54, 1.807) is 0 Å². The Kier molecular flexibility index (Phi) is 5.17. The van der Waals surface area contributed by atoms with Crippen LogP contribution in [0.5, 0.6) is 0 Å². The quantitative estimate of drug-likeness (QED) is 0.878. The number of hydrogen-bond acceptors (Lipinski definition) is 2. The SMILES string of the molecule is Cc1ccccc1CCC(=O)Nc1cc(C(=O)O)ccc1Cl. The maximum absolute atomic E-state index is 12.0. The van der Waals surface area contributed by atoms with Crippen molar-refractivity contribution in [2.45, 2.75) is 19.8 Å². The van der Waals surface area contributed by atoms with Gasteiger partial charge in [-0.15, -0.1) is 0 Å². The highest BCUT2D eigenvalue weighted by Gasteiger charge is 2.10. The third-order valence-corrected chi connectivity index (χ3v) is 3.70. The van der Waals surface area contributed by atoms with Crippen molar-refractivity contribution in [3.8, 4) is 0 Å². The molecule has 2 N–H and O–H groups in total. The van der Waals surface area contributed by atoms with Crippen molar-refractivity contribution in [2.75, 3.05) is 5.32 Å². The van der Waals surface area contributed by atoms with E-state index < -0.39 is 5.97 Å². The molecule has 0 aliphatic rings. The molecule has 114 valence electrons. The molecule has 2 aromatic rings. The number of benzene rings is 2. The molecule has 4 nitrogen and oxygen atoms in total. The molecule has 0 spiro atoms. The van der Waals surface area contributed by atoms with Crippen molar-refractivity contribution >= 4 is 29.2 Å². The first-order valence-electron chi connectivity index (χ1n) is 6.84. The second-order valence-corrected chi connectivity index (χ2v) is 5.38. The molecule has 0 fully saturated rings. The monoisotopic (exact) mass is 317 g/mol. The van der Waals surface area contributed by atoms with E-state index in [4.69, 9.17) is 16.7 Å². The van der Waals surface area contributed by atoms with Crippen LogP contribution in [0.15, 0.2) is 42.5 Å². The number of halogens is 1. The van der Waals surface area contributed by atoms with Gasteiger partial charge in [-0.2, -0.15) is 0 Å². The Morgan fingerprint density at radius 1 is 1.18 bits per heavy atom. The summed E-state index contributed by atoms with van der Waals surface area (Å²) in [5.41, 5.74) is 2.65. The van der Waals surface area contributed by atoms with Gasteiger partial charge < -0.3 is 10.4 Å². The minimum absolute atomic E-state index is 0.0820. The standard InChI is InChI=1S/C17H16ClNO3/c1-11-4-2-3-5-12(11)7-9-16(20)19-15-10-13(17(21)22)6-8-14(15)18/h2-6,8,10H,7,9H2,1H3,(H,19,20)(H,21,22). The number of amides is 1. The largest absolute Gasteiger partial charge is 0.478 e. The number of carboxylic acids is 1. The lowest BCUT2D eigenvalue weighted by atomic mass is 10.0. The van der Waals surface area contributed by atoms with Crippen molar-refractivity contribution in [2.24, 2.45) is 0 Å². The fourth-order valence-corrected chi connectivity index (χ4v) is 2.27. The zero-order valence-electron chi connectivity index (χ0n) is 12.1. The molecule has 22 heavy (non-hydrogen) atoms. The Balaban J connectivity index is 2.02. The molecule has 0 heterocycles. The molecule has 2 aromatic carbocycles. The van der Waals surface area contributed by atoms with Crippen LogP contribution in [0.2, 0.25) is 5.02 Å². The Morgan fingerprint density at radius 3 is 2.59 bits per heavy atom. The first-order chi connectivity index (χ1) is 10.5. The second kappa shape index (κ2) is 7.09. The molecular weight excluding hydrogens is 302 g/mol. The summed E-state index contributed by atoms with van der Waals surface area (Å²) in [6.07, 6.45) is 0.924. The van der Waals surface area contributed by atoms with Crippen LogP contribution in [0.1, 0.15) is 27.9 Å². The number of carbonyl (C=O) groups excluding carboxylic acids is 1. The normalized spacial score (nSPS) is 10.3. The molecule has 0 saturated carbocycles. The average Bonchev–Trinajstić information content (AvgIpc) is 2.48. The Morgan fingerprint density at radius 2 is 1.91 bits per heavy atom. The third kappa shape index (κ3) is 4.09. The summed E-state index contributed by atoms with van der Waals surface area (Å²) in [4.78, 5) is 23.0. The Bertz CT molecular complexity index is 713. The highest BCUT2D eigenvalue weighted by molar-refractivity contribution is 6.33. The van der Waals surface area contributed by atoms with Crippen LogP contribution in [0.4, 0.5) is 5.69 Å². The van der Waals surface area contributed by atoms with Crippen LogP contribution >= 0.6 is 11.6 Å². The van der Waals surface area contributed by atoms with Gasteiger partial charge in [0.05, 0.1) is 16.3 Å². The number of nitrogens with one attached hydrogen (secondary N) is 1. The summed E-state index contributed by atoms with van der Waals surface area (Å²) in [7, 11) is 0. The minimum Gasteiger partial charge on any atom is -0.478 e. The van der Waals surface area contributed by atoms with E-state index in [0.717, 1.165) is 11.1 Å². The van der Waals surface area contributed by atoms with Gasteiger partial charge in [-0.05, 0) is 42.7 Å². The van der Waals surface area contributed by atoms with E-state index in [1.165, 1.54) is 18.2 Å². The average molecular weight is 318 g/mol. The second-order valence-electron chi connectivity index (χ2n) is 4.97. The minimum atomic E-state index is -1.06. The number of carbonyl (C=O) groups is 2. The van der Waals surface area contributed by atoms with Gasteiger partial charge in [0.15, 0.2) is 0 Å². The number of carboxylic acid groups (broad SMARTS) is 1. The van der Waals surface area contributed by atoms with Crippen molar-refractivity contribution in [1.82, 2.24) is 0 Å². The fraction of sp³-hybridized carbons (Fsp3) is 0.176. The van der Waals surface area contributed by atoms with Crippen LogP contribution in [0.3, 0.4) is 0 Å². The molecule has 5 heteroatoms. The molecule has 0 aromatic heterocycles. The topological polar surface area (TPSA) is 66.4 Å². The number of aryl methyl sites for hydroxylation is 2. The predicted molar refractivity (Wildman–Crippen MR) is 86.5 cm³/mol. The van der Waals surface area contributed by atoms with Gasteiger partial charge in [-0.25, -0.2) is 4.79 Å². The smallest absolute Gasteiger partial charge is 0.335 e. The van der Waals surface area contributed by atoms with E-state index in [9.17, 15) is 9.59 Å². The first-order valence-corrected chi connectivity index (χ1v) is 7.22. The van der Waals surface area contributed by atoms with Crippen LogP contribution in [0, 0.1) is 6.92 Å². The van der Waals surface area contributed by atoms with Crippen LogP contribution in [0.25, 0.3) is 0 Å². The molecule has 0 aliphatic carbocycles. The van der Waals surface area contributed by atoms with E-state index in [-0.39, 0.29) is 11.5 Å². The maximum Gasteiger partial charge on any atom is 0.335 e. The van der Waals surface area contributed by atoms with E-state index >= 15 is 0 Å². The Hall–Kier alpha value is -2.33. The van der Waals surface area contributed by atoms with Crippen LogP contribution in [-0.2, 0) is 11.2 Å². The van der Waals surface area contributed by atoms with Gasteiger partial charge in [0.1, 0.15) is 0 Å². The van der Waals surface area contributed by atoms with Crippen molar-refractivity contribution in [1.29, 1.82) is 0 Å². The van der Waals surface area contributed by atoms with Crippen molar-refractivity contribution in [3.05, 3.63) is 64.2 Å². The molecule has 0 bridgehead atoms. The summed E-state index contributed by atoms with van der Waals surface area (Å²) >= 11 is 5.98. The molecular formula is C17H16ClNO3. The lowest BCUT2D eigenvalue weighted by Gasteiger charge is -2.09. The van der Waals surface area contributed by atoms with Crippen molar-refractivity contribution < 1.29 is 14.7 Å². The zero-order chi connectivity index (χ0) is 16.1. The molecule has 0 unspecified atom stereocenters. The van der Waals surface area contributed by atoms with Gasteiger partial charge in [-0.3, -0.25) is 4.79 Å². The number of hydrogen-bond donors (Lipinski definition) is 2. The molecule has 2 rings (SSSR count). The molecule has 1 amide bonds. The molecule has 0 radical (unpaired) electrons. The van der Waals surface area contributed by atoms with E-state index in [0.29, 0.717) is 23.6 Å². The van der Waals surface area contributed by atoms with Gasteiger partial charge in [-0.1, -0.05) is 35.9 Å². The Labute approximate surface area is 133 Å². The van der Waals surface area contributed by atoms with Gasteiger partial charge in [0, 0.05) is 6.42 Å².